The van der Waals surface area contributed by atoms with Gasteiger partial charge in [0.15, 0.2) is 0 Å². The number of nitrogens with zero attached hydrogens (tertiary/aromatic N) is 4. The number of benzene rings is 1. The summed E-state index contributed by atoms with van der Waals surface area (Å²) in [5.74, 6) is 0.351. The highest BCUT2D eigenvalue weighted by molar-refractivity contribution is 6.30. The third-order valence-corrected chi connectivity index (χ3v) is 4.77. The lowest BCUT2D eigenvalue weighted by Gasteiger charge is -2.30. The van der Waals surface area contributed by atoms with Crippen LogP contribution in [0.1, 0.15) is 37.4 Å². The molecule has 1 aromatic heterocycles. The summed E-state index contributed by atoms with van der Waals surface area (Å²) >= 11 is 5.89. The highest BCUT2D eigenvalue weighted by atomic mass is 35.5. The summed E-state index contributed by atoms with van der Waals surface area (Å²) < 4.78 is 27.1. The Balaban J connectivity index is 1.99. The fourth-order valence-corrected chi connectivity index (χ4v) is 3.48. The largest absolute Gasteiger partial charge is 0.402 e. The number of anilines is 1. The minimum Gasteiger partial charge on any atom is -0.402 e. The predicted molar refractivity (Wildman–Crippen MR) is 107 cm³/mol. The molecule has 1 aliphatic rings. The molecule has 0 aliphatic carbocycles. The zero-order valence-electron chi connectivity index (χ0n) is 15.8. The molecule has 0 saturated carbocycles. The SMILES string of the molecule is C/C(N)=C/c1nc(NC2CCCN(C)C2)nnc1-c1ccc(Cl)cc1C(F)F. The number of hydrogen-bond acceptors (Lipinski definition) is 6. The standard InChI is InChI=1S/C19H23ClF2N6/c1-11(23)8-16-17(14-6-5-12(20)9-15(14)18(21)22)26-27-19(25-16)24-13-4-3-7-28(2)10-13/h5-6,8-9,13,18H,3-4,7,10,23H2,1-2H3,(H,24,25,27)/b11-8-. The zero-order valence-corrected chi connectivity index (χ0v) is 16.5. The molecule has 150 valence electrons. The van der Waals surface area contributed by atoms with E-state index in [1.165, 1.54) is 18.2 Å². The van der Waals surface area contributed by atoms with Crippen molar-refractivity contribution >= 4 is 23.6 Å². The van der Waals surface area contributed by atoms with Crippen LogP contribution in [0.4, 0.5) is 14.7 Å². The van der Waals surface area contributed by atoms with Gasteiger partial charge >= 0.3 is 0 Å². The van der Waals surface area contributed by atoms with Crippen LogP contribution >= 0.6 is 11.6 Å². The van der Waals surface area contributed by atoms with Crippen molar-refractivity contribution < 1.29 is 8.78 Å². The molecule has 0 spiro atoms. The van der Waals surface area contributed by atoms with E-state index in [-0.39, 0.29) is 27.9 Å². The van der Waals surface area contributed by atoms with Crippen molar-refractivity contribution in [3.8, 4) is 11.3 Å². The number of aromatic nitrogens is 3. The number of nitrogens with two attached hydrogens (primary N) is 1. The van der Waals surface area contributed by atoms with Crippen LogP contribution in [-0.2, 0) is 0 Å². The zero-order chi connectivity index (χ0) is 20.3. The lowest BCUT2D eigenvalue weighted by molar-refractivity contribution is 0.152. The monoisotopic (exact) mass is 408 g/mol. The summed E-state index contributed by atoms with van der Waals surface area (Å²) in [5, 5.41) is 11.8. The minimum absolute atomic E-state index is 0.203. The van der Waals surface area contributed by atoms with E-state index in [9.17, 15) is 8.78 Å². The number of rotatable bonds is 5. The molecule has 1 aromatic carbocycles. The second kappa shape index (κ2) is 8.79. The molecule has 9 heteroatoms. The van der Waals surface area contributed by atoms with E-state index in [2.05, 4.69) is 32.4 Å². The van der Waals surface area contributed by atoms with Gasteiger partial charge in [0.2, 0.25) is 5.95 Å². The van der Waals surface area contributed by atoms with Crippen LogP contribution in [0.3, 0.4) is 0 Å². The molecule has 1 fully saturated rings. The first kappa shape index (κ1) is 20.4. The topological polar surface area (TPSA) is 80.0 Å². The van der Waals surface area contributed by atoms with Gasteiger partial charge in [-0.2, -0.15) is 0 Å². The highest BCUT2D eigenvalue weighted by Crippen LogP contribution is 2.34. The van der Waals surface area contributed by atoms with Crippen LogP contribution in [0.2, 0.25) is 5.02 Å². The average Bonchev–Trinajstić information content (AvgIpc) is 2.62. The number of piperidine rings is 1. The summed E-state index contributed by atoms with van der Waals surface area (Å²) in [4.78, 5) is 6.73. The summed E-state index contributed by atoms with van der Waals surface area (Å²) in [6, 6.07) is 4.48. The number of allylic oxidation sites excluding steroid dienone is 1. The second-order valence-corrected chi connectivity index (χ2v) is 7.47. The van der Waals surface area contributed by atoms with Crippen LogP contribution in [0, 0.1) is 0 Å². The van der Waals surface area contributed by atoms with E-state index in [4.69, 9.17) is 17.3 Å². The van der Waals surface area contributed by atoms with Gasteiger partial charge in [0, 0.05) is 34.4 Å². The Morgan fingerprint density at radius 3 is 2.86 bits per heavy atom. The Morgan fingerprint density at radius 1 is 1.39 bits per heavy atom. The Bertz CT molecular complexity index is 869. The molecule has 1 aliphatic heterocycles. The molecule has 3 rings (SSSR count). The van der Waals surface area contributed by atoms with Crippen molar-refractivity contribution in [2.75, 3.05) is 25.5 Å². The molecule has 2 heterocycles. The lowest BCUT2D eigenvalue weighted by Crippen LogP contribution is -2.40. The highest BCUT2D eigenvalue weighted by Gasteiger charge is 2.21. The molecule has 2 aromatic rings. The molecule has 0 amide bonds. The molecule has 0 bridgehead atoms. The summed E-state index contributed by atoms with van der Waals surface area (Å²) in [6.07, 6.45) is 0.980. The van der Waals surface area contributed by atoms with Gasteiger partial charge in [-0.25, -0.2) is 13.8 Å². The maximum Gasteiger partial charge on any atom is 0.264 e. The molecule has 1 saturated heterocycles. The van der Waals surface area contributed by atoms with Crippen LogP contribution in [-0.4, -0.2) is 46.3 Å². The van der Waals surface area contributed by atoms with Gasteiger partial charge in [0.1, 0.15) is 5.69 Å². The first-order valence-corrected chi connectivity index (χ1v) is 9.43. The van der Waals surface area contributed by atoms with E-state index in [0.717, 1.165) is 25.9 Å². The second-order valence-electron chi connectivity index (χ2n) is 7.04. The van der Waals surface area contributed by atoms with Gasteiger partial charge in [-0.05, 0) is 51.6 Å². The molecule has 1 unspecified atom stereocenters. The quantitative estimate of drug-likeness (QED) is 0.779. The van der Waals surface area contributed by atoms with Crippen molar-refractivity contribution in [3.63, 3.8) is 0 Å². The summed E-state index contributed by atoms with van der Waals surface area (Å²) in [7, 11) is 2.06. The lowest BCUT2D eigenvalue weighted by atomic mass is 10.0. The normalized spacial score (nSPS) is 18.5. The van der Waals surface area contributed by atoms with E-state index < -0.39 is 6.43 Å². The maximum atomic E-state index is 13.5. The molecule has 28 heavy (non-hydrogen) atoms. The number of likely N-dealkylation sites (N-methyl/N-ethyl adjacent to an activating group) is 1. The number of halogens is 3. The van der Waals surface area contributed by atoms with Gasteiger partial charge in [-0.3, -0.25) is 0 Å². The van der Waals surface area contributed by atoms with Gasteiger partial charge in [-0.15, -0.1) is 10.2 Å². The number of hydrogen-bond donors (Lipinski definition) is 2. The van der Waals surface area contributed by atoms with E-state index in [1.54, 1.807) is 13.0 Å². The van der Waals surface area contributed by atoms with Gasteiger partial charge in [0.05, 0.1) is 5.69 Å². The van der Waals surface area contributed by atoms with Gasteiger partial charge in [-0.1, -0.05) is 17.7 Å². The fraction of sp³-hybridized carbons (Fsp3) is 0.421. The van der Waals surface area contributed by atoms with E-state index in [1.807, 2.05) is 0 Å². The number of alkyl halides is 2. The number of nitrogens with one attached hydrogen (secondary N) is 1. The van der Waals surface area contributed by atoms with Crippen LogP contribution in [0.15, 0.2) is 23.9 Å². The smallest absolute Gasteiger partial charge is 0.264 e. The molecule has 3 N–H and O–H groups in total. The molecule has 0 radical (unpaired) electrons. The first-order chi connectivity index (χ1) is 13.3. The molecular formula is C19H23ClF2N6. The van der Waals surface area contributed by atoms with Crippen molar-refractivity contribution in [3.05, 3.63) is 40.2 Å². The van der Waals surface area contributed by atoms with Gasteiger partial charge < -0.3 is 16.0 Å². The average molecular weight is 409 g/mol. The number of likely N-dealkylation sites (tertiary alicyclic amines) is 1. The Morgan fingerprint density at radius 2 is 2.18 bits per heavy atom. The predicted octanol–water partition coefficient (Wildman–Crippen LogP) is 3.96. The van der Waals surface area contributed by atoms with Crippen LogP contribution in [0.5, 0.6) is 0 Å². The fourth-order valence-electron chi connectivity index (χ4n) is 3.30. The van der Waals surface area contributed by atoms with E-state index in [0.29, 0.717) is 17.3 Å². The molecular weight excluding hydrogens is 386 g/mol. The Hall–Kier alpha value is -2.32. The summed E-state index contributed by atoms with van der Waals surface area (Å²) in [5.41, 5.74) is 6.94. The van der Waals surface area contributed by atoms with Gasteiger partial charge in [0.25, 0.3) is 6.43 Å². The minimum atomic E-state index is -2.71. The van der Waals surface area contributed by atoms with Crippen molar-refractivity contribution in [1.82, 2.24) is 20.1 Å². The third kappa shape index (κ3) is 4.94. The molecule has 1 atom stereocenters. The van der Waals surface area contributed by atoms with Crippen LogP contribution in [0.25, 0.3) is 17.3 Å². The Kier molecular flexibility index (Phi) is 6.41. The summed E-state index contributed by atoms with van der Waals surface area (Å²) in [6.45, 7) is 3.63. The van der Waals surface area contributed by atoms with Crippen molar-refractivity contribution in [2.45, 2.75) is 32.2 Å². The Labute approximate surface area is 167 Å². The van der Waals surface area contributed by atoms with Crippen LogP contribution < -0.4 is 11.1 Å². The van der Waals surface area contributed by atoms with Crippen molar-refractivity contribution in [1.29, 1.82) is 0 Å². The van der Waals surface area contributed by atoms with Crippen molar-refractivity contribution in [2.24, 2.45) is 5.73 Å². The maximum absolute atomic E-state index is 13.5. The first-order valence-electron chi connectivity index (χ1n) is 9.05. The third-order valence-electron chi connectivity index (χ3n) is 4.54. The van der Waals surface area contributed by atoms with E-state index >= 15 is 0 Å². The molecule has 6 nitrogen and oxygen atoms in total.